The Morgan fingerprint density at radius 2 is 2.00 bits per heavy atom. The van der Waals surface area contributed by atoms with Gasteiger partial charge < -0.3 is 4.52 Å². The Morgan fingerprint density at radius 1 is 1.18 bits per heavy atom. The Balaban J connectivity index is 1.77. The smallest absolute Gasteiger partial charge is 0.243 e. The van der Waals surface area contributed by atoms with Crippen molar-refractivity contribution in [1.29, 1.82) is 0 Å². The van der Waals surface area contributed by atoms with Gasteiger partial charge in [0.15, 0.2) is 5.82 Å². The van der Waals surface area contributed by atoms with E-state index in [9.17, 15) is 0 Å². The van der Waals surface area contributed by atoms with Crippen molar-refractivity contribution in [2.75, 3.05) is 6.54 Å². The molecule has 2 atom stereocenters. The number of nitrogens with zero attached hydrogens (tertiary/aromatic N) is 6. The minimum Gasteiger partial charge on any atom is -0.338 e. The molecule has 0 N–H and O–H groups in total. The lowest BCUT2D eigenvalue weighted by Gasteiger charge is -2.38. The zero-order valence-corrected chi connectivity index (χ0v) is 13.8. The number of rotatable bonds is 4. The molecule has 120 valence electrons. The first-order chi connectivity index (χ1) is 10.5. The molecular weight excluding hydrogens is 280 g/mol. The summed E-state index contributed by atoms with van der Waals surface area (Å²) in [5, 5.41) is 8.42. The molecule has 2 aromatic rings. The summed E-state index contributed by atoms with van der Waals surface area (Å²) in [6.45, 7) is 9.87. The van der Waals surface area contributed by atoms with E-state index in [0.717, 1.165) is 31.2 Å². The lowest BCUT2D eigenvalue weighted by atomic mass is 10.00. The lowest BCUT2D eigenvalue weighted by Crippen LogP contribution is -2.43. The van der Waals surface area contributed by atoms with Crippen LogP contribution in [0.2, 0.25) is 0 Å². The predicted molar refractivity (Wildman–Crippen MR) is 81.3 cm³/mol. The molecule has 0 saturated carbocycles. The van der Waals surface area contributed by atoms with E-state index < -0.39 is 0 Å². The van der Waals surface area contributed by atoms with Crippen LogP contribution in [0.1, 0.15) is 55.6 Å². The van der Waals surface area contributed by atoms with Gasteiger partial charge in [-0.25, -0.2) is 9.67 Å². The molecule has 22 heavy (non-hydrogen) atoms. The van der Waals surface area contributed by atoms with Gasteiger partial charge in [0.05, 0.1) is 12.6 Å². The van der Waals surface area contributed by atoms with E-state index >= 15 is 0 Å². The lowest BCUT2D eigenvalue weighted by molar-refractivity contribution is 0.0714. The minimum absolute atomic E-state index is 0.136. The first-order valence-electron chi connectivity index (χ1n) is 7.98. The molecule has 0 bridgehead atoms. The van der Waals surface area contributed by atoms with E-state index in [1.54, 1.807) is 0 Å². The van der Waals surface area contributed by atoms with E-state index in [0.29, 0.717) is 17.8 Å². The Kier molecular flexibility index (Phi) is 4.24. The number of hydrogen-bond donors (Lipinski definition) is 0. The first kappa shape index (κ1) is 15.1. The fourth-order valence-corrected chi connectivity index (χ4v) is 3.29. The Labute approximate surface area is 130 Å². The van der Waals surface area contributed by atoms with Gasteiger partial charge >= 0.3 is 0 Å². The highest BCUT2D eigenvalue weighted by Crippen LogP contribution is 2.28. The van der Waals surface area contributed by atoms with Crippen molar-refractivity contribution in [3.05, 3.63) is 23.4 Å². The Hall–Kier alpha value is -1.76. The van der Waals surface area contributed by atoms with Crippen molar-refractivity contribution in [3.63, 3.8) is 0 Å². The Morgan fingerprint density at radius 3 is 2.64 bits per heavy atom. The van der Waals surface area contributed by atoms with Crippen LogP contribution in [0, 0.1) is 20.8 Å². The number of piperidine rings is 1. The third-order valence-corrected chi connectivity index (χ3v) is 4.42. The quantitative estimate of drug-likeness (QED) is 0.862. The summed E-state index contributed by atoms with van der Waals surface area (Å²) < 4.78 is 7.39. The van der Waals surface area contributed by atoms with Crippen LogP contribution in [0.4, 0.5) is 0 Å². The number of aromatic nitrogens is 5. The summed E-state index contributed by atoms with van der Waals surface area (Å²) in [7, 11) is 0. The molecule has 0 unspecified atom stereocenters. The number of hydrogen-bond acceptors (Lipinski definition) is 6. The van der Waals surface area contributed by atoms with Gasteiger partial charge in [-0.2, -0.15) is 10.1 Å². The van der Waals surface area contributed by atoms with E-state index in [1.807, 2.05) is 25.5 Å². The van der Waals surface area contributed by atoms with Crippen molar-refractivity contribution in [2.45, 2.75) is 65.6 Å². The third-order valence-electron chi connectivity index (χ3n) is 4.42. The average molecular weight is 304 g/mol. The monoisotopic (exact) mass is 304 g/mol. The molecule has 0 radical (unpaired) electrons. The molecule has 1 aliphatic heterocycles. The van der Waals surface area contributed by atoms with E-state index in [2.05, 4.69) is 32.0 Å². The maximum Gasteiger partial charge on any atom is 0.243 e. The van der Waals surface area contributed by atoms with Crippen LogP contribution in [0.5, 0.6) is 0 Å². The summed E-state index contributed by atoms with van der Waals surface area (Å²) in [6.07, 6.45) is 3.63. The SMILES string of the molecule is Cc1noc([C@H](C)N2CCCC[C@H]2Cn2nc(C)nc2C)n1. The highest BCUT2D eigenvalue weighted by Gasteiger charge is 2.30. The van der Waals surface area contributed by atoms with Crippen LogP contribution in [0.25, 0.3) is 0 Å². The molecule has 1 saturated heterocycles. The molecule has 1 aliphatic rings. The molecule has 3 heterocycles. The largest absolute Gasteiger partial charge is 0.338 e. The highest BCUT2D eigenvalue weighted by molar-refractivity contribution is 4.95. The molecule has 0 aliphatic carbocycles. The van der Waals surface area contributed by atoms with E-state index in [4.69, 9.17) is 4.52 Å². The second-order valence-corrected chi connectivity index (χ2v) is 6.13. The Bertz CT molecular complexity index is 634. The second-order valence-electron chi connectivity index (χ2n) is 6.13. The predicted octanol–water partition coefficient (Wildman–Crippen LogP) is 2.20. The molecule has 7 heteroatoms. The summed E-state index contributed by atoms with van der Waals surface area (Å²) in [5.41, 5.74) is 0. The van der Waals surface area contributed by atoms with Crippen LogP contribution in [-0.2, 0) is 6.54 Å². The molecule has 0 spiro atoms. The number of aryl methyl sites for hydroxylation is 3. The summed E-state index contributed by atoms with van der Waals surface area (Å²) in [6, 6.07) is 0.562. The first-order valence-corrected chi connectivity index (χ1v) is 7.98. The van der Waals surface area contributed by atoms with Gasteiger partial charge in [-0.1, -0.05) is 11.6 Å². The maximum atomic E-state index is 5.37. The topological polar surface area (TPSA) is 72.9 Å². The van der Waals surface area contributed by atoms with Crippen molar-refractivity contribution in [1.82, 2.24) is 29.8 Å². The zero-order chi connectivity index (χ0) is 15.7. The molecule has 2 aromatic heterocycles. The molecule has 7 nitrogen and oxygen atoms in total. The minimum atomic E-state index is 0.136. The van der Waals surface area contributed by atoms with Crippen molar-refractivity contribution in [3.8, 4) is 0 Å². The van der Waals surface area contributed by atoms with Crippen LogP contribution < -0.4 is 0 Å². The number of likely N-dealkylation sites (tertiary alicyclic amines) is 1. The zero-order valence-electron chi connectivity index (χ0n) is 13.8. The third kappa shape index (κ3) is 3.04. The molecular formula is C15H24N6O. The maximum absolute atomic E-state index is 5.37. The fourth-order valence-electron chi connectivity index (χ4n) is 3.29. The summed E-state index contributed by atoms with van der Waals surface area (Å²) in [5.74, 6) is 3.21. The van der Waals surface area contributed by atoms with Crippen molar-refractivity contribution >= 4 is 0 Å². The highest BCUT2D eigenvalue weighted by atomic mass is 16.5. The molecule has 3 rings (SSSR count). The summed E-state index contributed by atoms with van der Waals surface area (Å²) in [4.78, 5) is 11.3. The van der Waals surface area contributed by atoms with Crippen LogP contribution in [-0.4, -0.2) is 42.4 Å². The van der Waals surface area contributed by atoms with Gasteiger partial charge in [0.25, 0.3) is 0 Å². The average Bonchev–Trinajstić information content (AvgIpc) is 3.05. The normalized spacial score (nSPS) is 21.2. The molecule has 0 amide bonds. The van der Waals surface area contributed by atoms with Crippen LogP contribution in [0.3, 0.4) is 0 Å². The van der Waals surface area contributed by atoms with Crippen LogP contribution in [0.15, 0.2) is 4.52 Å². The standard InChI is InChI=1S/C15H24N6O/c1-10(15-17-12(3)19-22-15)20-8-6-5-7-14(20)9-21-13(4)16-11(2)18-21/h10,14H,5-9H2,1-4H3/t10-,14-/m0/s1. The van der Waals surface area contributed by atoms with E-state index in [1.165, 1.54) is 12.8 Å². The fraction of sp³-hybridized carbons (Fsp3) is 0.733. The van der Waals surface area contributed by atoms with Gasteiger partial charge in [-0.05, 0) is 47.1 Å². The van der Waals surface area contributed by atoms with Crippen molar-refractivity contribution < 1.29 is 4.52 Å². The van der Waals surface area contributed by atoms with Gasteiger partial charge in [-0.3, -0.25) is 4.90 Å². The van der Waals surface area contributed by atoms with E-state index in [-0.39, 0.29) is 6.04 Å². The van der Waals surface area contributed by atoms with Gasteiger partial charge in [-0.15, -0.1) is 0 Å². The molecule has 1 fully saturated rings. The molecule has 0 aromatic carbocycles. The second kappa shape index (κ2) is 6.16. The summed E-state index contributed by atoms with van der Waals surface area (Å²) >= 11 is 0. The van der Waals surface area contributed by atoms with Gasteiger partial charge in [0, 0.05) is 6.04 Å². The van der Waals surface area contributed by atoms with Crippen LogP contribution >= 0.6 is 0 Å². The van der Waals surface area contributed by atoms with Gasteiger partial charge in [0.2, 0.25) is 5.89 Å². The van der Waals surface area contributed by atoms with Crippen molar-refractivity contribution in [2.24, 2.45) is 0 Å². The van der Waals surface area contributed by atoms with Gasteiger partial charge in [0.1, 0.15) is 11.6 Å².